The van der Waals surface area contributed by atoms with E-state index in [-0.39, 0.29) is 12.2 Å². The maximum Gasteiger partial charge on any atom is 0.304 e. The quantitative estimate of drug-likeness (QED) is 0.690. The fourth-order valence-corrected chi connectivity index (χ4v) is 3.12. The topological polar surface area (TPSA) is 86.7 Å². The lowest BCUT2D eigenvalue weighted by molar-refractivity contribution is -0.136. The van der Waals surface area contributed by atoms with Gasteiger partial charge in [0.15, 0.2) is 0 Å². The predicted molar refractivity (Wildman–Crippen MR) is 68.9 cm³/mol. The highest BCUT2D eigenvalue weighted by Gasteiger charge is 2.20. The summed E-state index contributed by atoms with van der Waals surface area (Å²) in [5.41, 5.74) is 0. The maximum absolute atomic E-state index is 11.5. The van der Waals surface area contributed by atoms with Crippen molar-refractivity contribution in [3.8, 4) is 0 Å². The molecule has 0 atom stereocenters. The van der Waals surface area contributed by atoms with Gasteiger partial charge in [-0.25, -0.2) is 13.1 Å². The van der Waals surface area contributed by atoms with E-state index in [0.29, 0.717) is 12.5 Å². The number of nitrogens with one attached hydrogen (secondary N) is 1. The number of rotatable bonds is 7. The van der Waals surface area contributed by atoms with Crippen LogP contribution in [-0.4, -0.2) is 56.3 Å². The van der Waals surface area contributed by atoms with Crippen LogP contribution >= 0.6 is 0 Å². The van der Waals surface area contributed by atoms with Crippen LogP contribution in [0.25, 0.3) is 0 Å². The largest absolute Gasteiger partial charge is 0.481 e. The molecule has 0 bridgehead atoms. The van der Waals surface area contributed by atoms with Gasteiger partial charge in [0.25, 0.3) is 0 Å². The second-order valence-corrected chi connectivity index (χ2v) is 6.62. The molecule has 2 N–H and O–H groups in total. The number of hydrogen-bond donors (Lipinski definition) is 2. The molecule has 1 fully saturated rings. The monoisotopic (exact) mass is 278 g/mol. The van der Waals surface area contributed by atoms with Gasteiger partial charge in [-0.3, -0.25) is 4.79 Å². The first kappa shape index (κ1) is 15.4. The zero-order chi connectivity index (χ0) is 13.6. The normalized spacial score (nSPS) is 18.9. The number of carboxylic acid groups (broad SMARTS) is 1. The fraction of sp³-hybridized carbons (Fsp3) is 0.909. The molecule has 1 aliphatic heterocycles. The van der Waals surface area contributed by atoms with Crippen LogP contribution in [0.3, 0.4) is 0 Å². The third-order valence-electron chi connectivity index (χ3n) is 3.33. The van der Waals surface area contributed by atoms with Crippen LogP contribution in [0.4, 0.5) is 0 Å². The van der Waals surface area contributed by atoms with Crippen molar-refractivity contribution in [1.82, 2.24) is 9.62 Å². The van der Waals surface area contributed by atoms with Crippen LogP contribution in [0.15, 0.2) is 0 Å². The summed E-state index contributed by atoms with van der Waals surface area (Å²) in [6, 6.07) is 0. The molecule has 0 aromatic rings. The zero-order valence-corrected chi connectivity index (χ0v) is 11.6. The minimum absolute atomic E-state index is 0.337. The number of piperidine rings is 1. The van der Waals surface area contributed by atoms with Crippen molar-refractivity contribution in [2.45, 2.75) is 26.2 Å². The highest BCUT2D eigenvalue weighted by atomic mass is 32.2. The van der Waals surface area contributed by atoms with E-state index in [4.69, 9.17) is 5.11 Å². The van der Waals surface area contributed by atoms with Crippen LogP contribution in [0.1, 0.15) is 26.2 Å². The number of sulfonamides is 1. The van der Waals surface area contributed by atoms with Gasteiger partial charge in [-0.05, 0) is 38.4 Å². The molecule has 1 aliphatic rings. The molecule has 106 valence electrons. The lowest BCUT2D eigenvalue weighted by Gasteiger charge is -2.30. The van der Waals surface area contributed by atoms with Crippen molar-refractivity contribution in [3.05, 3.63) is 0 Å². The van der Waals surface area contributed by atoms with E-state index in [1.54, 1.807) is 0 Å². The molecular weight excluding hydrogens is 256 g/mol. The minimum atomic E-state index is -3.44. The standard InChI is InChI=1S/C11H22N2O4S/c1-2-13-6-3-10(4-7-13)9-12-18(16,17)8-5-11(14)15/h10,12H,2-9H2,1H3,(H,14,15). The minimum Gasteiger partial charge on any atom is -0.481 e. The van der Waals surface area contributed by atoms with E-state index in [9.17, 15) is 13.2 Å². The highest BCUT2D eigenvalue weighted by Crippen LogP contribution is 2.16. The van der Waals surface area contributed by atoms with E-state index in [1.165, 1.54) is 0 Å². The smallest absolute Gasteiger partial charge is 0.304 e. The molecule has 0 aromatic heterocycles. The number of aliphatic carboxylic acids is 1. The second kappa shape index (κ2) is 7.06. The third-order valence-corrected chi connectivity index (χ3v) is 4.68. The molecular formula is C11H22N2O4S. The summed E-state index contributed by atoms with van der Waals surface area (Å²) in [6.07, 6.45) is 1.65. The average molecular weight is 278 g/mol. The van der Waals surface area contributed by atoms with Crippen LogP contribution in [0.2, 0.25) is 0 Å². The van der Waals surface area contributed by atoms with E-state index < -0.39 is 16.0 Å². The molecule has 1 heterocycles. The van der Waals surface area contributed by atoms with Gasteiger partial charge in [0.1, 0.15) is 0 Å². The number of carboxylic acids is 1. The van der Waals surface area contributed by atoms with Gasteiger partial charge in [-0.1, -0.05) is 6.92 Å². The van der Waals surface area contributed by atoms with Crippen LogP contribution in [0, 0.1) is 5.92 Å². The maximum atomic E-state index is 11.5. The molecule has 0 spiro atoms. The molecule has 0 radical (unpaired) electrons. The van der Waals surface area contributed by atoms with Crippen molar-refractivity contribution in [1.29, 1.82) is 0 Å². The Morgan fingerprint density at radius 3 is 2.50 bits per heavy atom. The van der Waals surface area contributed by atoms with Gasteiger partial charge >= 0.3 is 5.97 Å². The molecule has 0 aromatic carbocycles. The third kappa shape index (κ3) is 5.79. The molecule has 0 aliphatic carbocycles. The molecule has 0 amide bonds. The Kier molecular flexibility index (Phi) is 6.04. The molecule has 6 nitrogen and oxygen atoms in total. The van der Waals surface area contributed by atoms with Gasteiger partial charge in [0.2, 0.25) is 10.0 Å². The molecule has 18 heavy (non-hydrogen) atoms. The Morgan fingerprint density at radius 2 is 2.00 bits per heavy atom. The Hall–Kier alpha value is -0.660. The first-order valence-corrected chi connectivity index (χ1v) is 7.99. The van der Waals surface area contributed by atoms with Gasteiger partial charge in [0, 0.05) is 6.54 Å². The summed E-state index contributed by atoms with van der Waals surface area (Å²) in [6.45, 7) is 5.61. The van der Waals surface area contributed by atoms with E-state index in [0.717, 1.165) is 32.5 Å². The predicted octanol–water partition coefficient (Wildman–Crippen LogP) is 0.112. The summed E-state index contributed by atoms with van der Waals surface area (Å²) in [5.74, 6) is -1.06. The number of likely N-dealkylation sites (tertiary alicyclic amines) is 1. The van der Waals surface area contributed by atoms with E-state index in [2.05, 4.69) is 16.5 Å². The first-order valence-electron chi connectivity index (χ1n) is 6.34. The first-order chi connectivity index (χ1) is 8.43. The molecule has 0 unspecified atom stereocenters. The van der Waals surface area contributed by atoms with Crippen LogP contribution < -0.4 is 4.72 Å². The van der Waals surface area contributed by atoms with Gasteiger partial charge in [-0.2, -0.15) is 0 Å². The Morgan fingerprint density at radius 1 is 1.39 bits per heavy atom. The molecule has 1 rings (SSSR count). The molecule has 1 saturated heterocycles. The van der Waals surface area contributed by atoms with E-state index >= 15 is 0 Å². The Labute approximate surface area is 108 Å². The van der Waals surface area contributed by atoms with Gasteiger partial charge in [0.05, 0.1) is 12.2 Å². The van der Waals surface area contributed by atoms with Crippen LogP contribution in [0.5, 0.6) is 0 Å². The van der Waals surface area contributed by atoms with Crippen molar-refractivity contribution >= 4 is 16.0 Å². The summed E-state index contributed by atoms with van der Waals surface area (Å²) >= 11 is 0. The Bertz CT molecular complexity index is 361. The Balaban J connectivity index is 2.26. The SMILES string of the molecule is CCN1CCC(CNS(=O)(=O)CCC(=O)O)CC1. The van der Waals surface area contributed by atoms with Gasteiger partial charge in [-0.15, -0.1) is 0 Å². The highest BCUT2D eigenvalue weighted by molar-refractivity contribution is 7.89. The second-order valence-electron chi connectivity index (χ2n) is 4.69. The van der Waals surface area contributed by atoms with Crippen molar-refractivity contribution in [2.24, 2.45) is 5.92 Å². The van der Waals surface area contributed by atoms with Gasteiger partial charge < -0.3 is 10.0 Å². The molecule has 7 heteroatoms. The zero-order valence-electron chi connectivity index (χ0n) is 10.8. The average Bonchev–Trinajstić information content (AvgIpc) is 2.35. The van der Waals surface area contributed by atoms with Crippen molar-refractivity contribution < 1.29 is 18.3 Å². The van der Waals surface area contributed by atoms with E-state index in [1.807, 2.05) is 0 Å². The fourth-order valence-electron chi connectivity index (χ4n) is 2.05. The number of hydrogen-bond acceptors (Lipinski definition) is 4. The summed E-state index contributed by atoms with van der Waals surface area (Å²) in [7, 11) is -3.44. The summed E-state index contributed by atoms with van der Waals surface area (Å²) in [5, 5.41) is 8.45. The summed E-state index contributed by atoms with van der Waals surface area (Å²) < 4.78 is 25.5. The van der Waals surface area contributed by atoms with Crippen LogP contribution in [-0.2, 0) is 14.8 Å². The number of nitrogens with zero attached hydrogens (tertiary/aromatic N) is 1. The van der Waals surface area contributed by atoms with Crippen molar-refractivity contribution in [2.75, 3.05) is 31.9 Å². The lowest BCUT2D eigenvalue weighted by Crippen LogP contribution is -2.39. The van der Waals surface area contributed by atoms with Crippen molar-refractivity contribution in [3.63, 3.8) is 0 Å². The molecule has 0 saturated carbocycles. The number of carbonyl (C=O) groups is 1. The summed E-state index contributed by atoms with van der Waals surface area (Å²) in [4.78, 5) is 12.7. The lowest BCUT2D eigenvalue weighted by atomic mass is 9.97.